The molecule has 2 heteroatoms. The zero-order valence-corrected chi connectivity index (χ0v) is 10.4. The third-order valence-electron chi connectivity index (χ3n) is 2.69. The van der Waals surface area contributed by atoms with Crippen molar-refractivity contribution in [3.05, 3.63) is 39.9 Å². The van der Waals surface area contributed by atoms with Gasteiger partial charge in [0, 0.05) is 16.6 Å². The smallest absolute Gasteiger partial charge is 0.123 e. The van der Waals surface area contributed by atoms with E-state index in [1.807, 2.05) is 6.92 Å². The average molecular weight is 217 g/mol. The Morgan fingerprint density at radius 3 is 2.20 bits per heavy atom. The van der Waals surface area contributed by atoms with Crippen LogP contribution in [-0.2, 0) is 0 Å². The summed E-state index contributed by atoms with van der Waals surface area (Å²) in [5, 5.41) is 3.23. The fraction of sp³-hybridized carbons (Fsp3) is 0.308. The van der Waals surface area contributed by atoms with Gasteiger partial charge in [0.2, 0.25) is 0 Å². The number of hydrogen-bond donors (Lipinski definition) is 0. The van der Waals surface area contributed by atoms with Gasteiger partial charge in [-0.2, -0.15) is 0 Å². The molecule has 15 heavy (non-hydrogen) atoms. The summed E-state index contributed by atoms with van der Waals surface area (Å²) in [5.41, 5.74) is 6.38. The molecule has 78 valence electrons. The van der Waals surface area contributed by atoms with Crippen LogP contribution in [0.2, 0.25) is 0 Å². The summed E-state index contributed by atoms with van der Waals surface area (Å²) in [7, 11) is 0. The lowest BCUT2D eigenvalue weighted by molar-refractivity contribution is 1.24. The van der Waals surface area contributed by atoms with Crippen LogP contribution in [0.5, 0.6) is 0 Å². The molecule has 0 saturated heterocycles. The minimum atomic E-state index is 1.10. The molecule has 0 atom stereocenters. The summed E-state index contributed by atoms with van der Waals surface area (Å²) in [6.07, 6.45) is 0. The Labute approximate surface area is 94.8 Å². The Bertz CT molecular complexity index is 497. The second kappa shape index (κ2) is 3.78. The fourth-order valence-electron chi connectivity index (χ4n) is 1.67. The first-order chi connectivity index (χ1) is 7.08. The van der Waals surface area contributed by atoms with Crippen molar-refractivity contribution in [2.24, 2.45) is 0 Å². The highest BCUT2D eigenvalue weighted by Gasteiger charge is 2.07. The van der Waals surface area contributed by atoms with E-state index in [9.17, 15) is 0 Å². The van der Waals surface area contributed by atoms with Gasteiger partial charge in [-0.05, 0) is 50.5 Å². The largest absolute Gasteiger partial charge is 0.241 e. The van der Waals surface area contributed by atoms with Gasteiger partial charge in [0.1, 0.15) is 5.01 Å². The van der Waals surface area contributed by atoms with Crippen LogP contribution in [0.15, 0.2) is 17.5 Å². The standard InChI is InChI=1S/C13H15NS/c1-8-5-10(3)12(6-9(8)2)13-14-11(4)7-15-13/h5-7H,1-4H3. The predicted octanol–water partition coefficient (Wildman–Crippen LogP) is 4.04. The highest BCUT2D eigenvalue weighted by molar-refractivity contribution is 7.13. The van der Waals surface area contributed by atoms with E-state index in [4.69, 9.17) is 0 Å². The molecule has 0 saturated carbocycles. The molecule has 1 heterocycles. The Balaban J connectivity index is 2.58. The topological polar surface area (TPSA) is 12.9 Å². The van der Waals surface area contributed by atoms with Crippen molar-refractivity contribution in [2.45, 2.75) is 27.7 Å². The highest BCUT2D eigenvalue weighted by atomic mass is 32.1. The third kappa shape index (κ3) is 1.95. The van der Waals surface area contributed by atoms with Crippen LogP contribution < -0.4 is 0 Å². The summed E-state index contributed by atoms with van der Waals surface area (Å²) in [6.45, 7) is 8.49. The molecular weight excluding hydrogens is 202 g/mol. The van der Waals surface area contributed by atoms with Crippen molar-refractivity contribution < 1.29 is 0 Å². The molecule has 1 aromatic carbocycles. The van der Waals surface area contributed by atoms with Gasteiger partial charge in [-0.3, -0.25) is 0 Å². The molecular formula is C13H15NS. The Morgan fingerprint density at radius 1 is 0.933 bits per heavy atom. The van der Waals surface area contributed by atoms with Gasteiger partial charge in [-0.25, -0.2) is 4.98 Å². The van der Waals surface area contributed by atoms with Gasteiger partial charge in [-0.1, -0.05) is 6.07 Å². The molecule has 1 aromatic heterocycles. The van der Waals surface area contributed by atoms with Crippen molar-refractivity contribution in [2.75, 3.05) is 0 Å². The van der Waals surface area contributed by atoms with Crippen LogP contribution in [0, 0.1) is 27.7 Å². The quantitative estimate of drug-likeness (QED) is 0.702. The maximum Gasteiger partial charge on any atom is 0.123 e. The van der Waals surface area contributed by atoms with E-state index in [0.717, 1.165) is 10.7 Å². The lowest BCUT2D eigenvalue weighted by atomic mass is 10.0. The van der Waals surface area contributed by atoms with E-state index in [-0.39, 0.29) is 0 Å². The van der Waals surface area contributed by atoms with Crippen LogP contribution in [0.4, 0.5) is 0 Å². The van der Waals surface area contributed by atoms with Crippen LogP contribution >= 0.6 is 11.3 Å². The first kappa shape index (κ1) is 10.4. The summed E-state index contributed by atoms with van der Waals surface area (Å²) in [6, 6.07) is 4.48. The molecule has 2 aromatic rings. The minimum absolute atomic E-state index is 1.10. The van der Waals surface area contributed by atoms with E-state index in [2.05, 4.69) is 43.3 Å². The van der Waals surface area contributed by atoms with Crippen LogP contribution in [0.1, 0.15) is 22.4 Å². The van der Waals surface area contributed by atoms with Crippen molar-refractivity contribution in [3.63, 3.8) is 0 Å². The Morgan fingerprint density at radius 2 is 1.60 bits per heavy atom. The lowest BCUT2D eigenvalue weighted by Gasteiger charge is -2.07. The number of aromatic nitrogens is 1. The molecule has 0 fully saturated rings. The molecule has 0 aliphatic carbocycles. The fourth-order valence-corrected chi connectivity index (χ4v) is 2.55. The Hall–Kier alpha value is -1.15. The number of rotatable bonds is 1. The molecule has 2 rings (SSSR count). The lowest BCUT2D eigenvalue weighted by Crippen LogP contribution is -1.88. The van der Waals surface area contributed by atoms with E-state index in [1.54, 1.807) is 11.3 Å². The monoisotopic (exact) mass is 217 g/mol. The molecule has 0 spiro atoms. The van der Waals surface area contributed by atoms with E-state index in [1.165, 1.54) is 22.3 Å². The van der Waals surface area contributed by atoms with E-state index < -0.39 is 0 Å². The third-order valence-corrected chi connectivity index (χ3v) is 3.68. The predicted molar refractivity (Wildman–Crippen MR) is 66.5 cm³/mol. The molecule has 0 bridgehead atoms. The normalized spacial score (nSPS) is 10.7. The zero-order valence-electron chi connectivity index (χ0n) is 9.59. The van der Waals surface area contributed by atoms with Crippen molar-refractivity contribution in [1.82, 2.24) is 4.98 Å². The summed E-state index contributed by atoms with van der Waals surface area (Å²) >= 11 is 1.72. The second-order valence-electron chi connectivity index (χ2n) is 4.05. The maximum atomic E-state index is 4.53. The second-order valence-corrected chi connectivity index (χ2v) is 4.90. The first-order valence-corrected chi connectivity index (χ1v) is 5.96. The average Bonchev–Trinajstić information content (AvgIpc) is 2.58. The first-order valence-electron chi connectivity index (χ1n) is 5.08. The van der Waals surface area contributed by atoms with Gasteiger partial charge in [-0.15, -0.1) is 11.3 Å². The minimum Gasteiger partial charge on any atom is -0.241 e. The van der Waals surface area contributed by atoms with Gasteiger partial charge in [0.05, 0.1) is 0 Å². The van der Waals surface area contributed by atoms with Crippen molar-refractivity contribution in [3.8, 4) is 10.6 Å². The number of aryl methyl sites for hydroxylation is 4. The van der Waals surface area contributed by atoms with E-state index in [0.29, 0.717) is 0 Å². The summed E-state index contributed by atoms with van der Waals surface area (Å²) in [5.74, 6) is 0. The summed E-state index contributed by atoms with van der Waals surface area (Å²) < 4.78 is 0. The molecule has 1 nitrogen and oxygen atoms in total. The molecule has 0 amide bonds. The SMILES string of the molecule is Cc1csc(-c2cc(C)c(C)cc2C)n1. The zero-order chi connectivity index (χ0) is 11.0. The molecule has 0 radical (unpaired) electrons. The van der Waals surface area contributed by atoms with Gasteiger partial charge >= 0.3 is 0 Å². The van der Waals surface area contributed by atoms with Gasteiger partial charge < -0.3 is 0 Å². The molecule has 0 aliphatic rings. The number of nitrogens with zero attached hydrogens (tertiary/aromatic N) is 1. The van der Waals surface area contributed by atoms with Crippen LogP contribution in [0.25, 0.3) is 10.6 Å². The summed E-state index contributed by atoms with van der Waals surface area (Å²) in [4.78, 5) is 4.53. The number of benzene rings is 1. The molecule has 0 aliphatic heterocycles. The highest BCUT2D eigenvalue weighted by Crippen LogP contribution is 2.28. The maximum absolute atomic E-state index is 4.53. The van der Waals surface area contributed by atoms with Crippen LogP contribution in [0.3, 0.4) is 0 Å². The number of hydrogen-bond acceptors (Lipinski definition) is 2. The number of thiazole rings is 1. The van der Waals surface area contributed by atoms with Crippen molar-refractivity contribution in [1.29, 1.82) is 0 Å². The molecule has 0 N–H and O–H groups in total. The molecule has 0 unspecified atom stereocenters. The van der Waals surface area contributed by atoms with Gasteiger partial charge in [0.15, 0.2) is 0 Å². The van der Waals surface area contributed by atoms with Crippen LogP contribution in [-0.4, -0.2) is 4.98 Å². The Kier molecular flexibility index (Phi) is 2.61. The van der Waals surface area contributed by atoms with Gasteiger partial charge in [0.25, 0.3) is 0 Å². The van der Waals surface area contributed by atoms with E-state index >= 15 is 0 Å². The van der Waals surface area contributed by atoms with Crippen molar-refractivity contribution >= 4 is 11.3 Å².